The van der Waals surface area contributed by atoms with Gasteiger partial charge >= 0.3 is 5.97 Å². The van der Waals surface area contributed by atoms with Crippen LogP contribution in [0.2, 0.25) is 0 Å². The van der Waals surface area contributed by atoms with E-state index in [1.165, 1.54) is 0 Å². The van der Waals surface area contributed by atoms with Gasteiger partial charge in [-0.1, -0.05) is 0 Å². The number of carboxylic acid groups (broad SMARTS) is 1. The zero-order valence-electron chi connectivity index (χ0n) is 11.0. The lowest BCUT2D eigenvalue weighted by atomic mass is 10.1. The molecule has 0 aliphatic rings. The third kappa shape index (κ3) is 2.75. The lowest BCUT2D eigenvalue weighted by Crippen LogP contribution is -2.06. The van der Waals surface area contributed by atoms with Gasteiger partial charge in [0.15, 0.2) is 0 Å². The number of ether oxygens (including phenoxy) is 1. The van der Waals surface area contributed by atoms with Gasteiger partial charge in [-0.2, -0.15) is 5.26 Å². The lowest BCUT2D eigenvalue weighted by Gasteiger charge is -2.10. The summed E-state index contributed by atoms with van der Waals surface area (Å²) in [6, 6.07) is 10.1. The number of carboxylic acids is 1. The molecule has 0 bridgehead atoms. The molecule has 2 rings (SSSR count). The standard InChI is InChI=1S/C15H12N2O3/c1-9-7-10(2)17-14(13(9)15(18)19)20-12-5-3-11(8-16)4-6-12/h3-7H,1-2H3,(H,18,19). The molecule has 0 fully saturated rings. The number of aryl methyl sites for hydroxylation is 2. The number of benzene rings is 1. The molecule has 1 aromatic carbocycles. The van der Waals surface area contributed by atoms with E-state index in [-0.39, 0.29) is 11.4 Å². The van der Waals surface area contributed by atoms with E-state index in [1.807, 2.05) is 6.07 Å². The molecular weight excluding hydrogens is 256 g/mol. The molecule has 0 atom stereocenters. The summed E-state index contributed by atoms with van der Waals surface area (Å²) in [6.45, 7) is 3.47. The maximum atomic E-state index is 11.3. The Bertz CT molecular complexity index is 700. The zero-order chi connectivity index (χ0) is 14.7. The first-order valence-corrected chi connectivity index (χ1v) is 5.91. The molecule has 0 saturated carbocycles. The molecule has 20 heavy (non-hydrogen) atoms. The van der Waals surface area contributed by atoms with Gasteiger partial charge < -0.3 is 9.84 Å². The number of carbonyl (C=O) groups is 1. The fraction of sp³-hybridized carbons (Fsp3) is 0.133. The van der Waals surface area contributed by atoms with Gasteiger partial charge in [-0.3, -0.25) is 0 Å². The van der Waals surface area contributed by atoms with Crippen LogP contribution >= 0.6 is 0 Å². The van der Waals surface area contributed by atoms with Gasteiger partial charge in [0.2, 0.25) is 5.88 Å². The molecule has 2 aromatic rings. The predicted molar refractivity (Wildman–Crippen MR) is 71.9 cm³/mol. The Morgan fingerprint density at radius 2 is 1.95 bits per heavy atom. The summed E-state index contributed by atoms with van der Waals surface area (Å²) in [4.78, 5) is 15.4. The quantitative estimate of drug-likeness (QED) is 0.924. The van der Waals surface area contributed by atoms with E-state index in [2.05, 4.69) is 4.98 Å². The Balaban J connectivity index is 2.42. The molecule has 100 valence electrons. The monoisotopic (exact) mass is 268 g/mol. The van der Waals surface area contributed by atoms with Crippen molar-refractivity contribution in [2.75, 3.05) is 0 Å². The minimum atomic E-state index is -1.08. The molecule has 0 amide bonds. The maximum Gasteiger partial charge on any atom is 0.341 e. The van der Waals surface area contributed by atoms with Crippen molar-refractivity contribution >= 4 is 5.97 Å². The van der Waals surface area contributed by atoms with Crippen LogP contribution in [0.15, 0.2) is 30.3 Å². The van der Waals surface area contributed by atoms with Crippen molar-refractivity contribution in [1.82, 2.24) is 4.98 Å². The minimum absolute atomic E-state index is 0.0416. The van der Waals surface area contributed by atoms with E-state index in [1.54, 1.807) is 44.2 Å². The van der Waals surface area contributed by atoms with Crippen LogP contribution in [0, 0.1) is 25.2 Å². The van der Waals surface area contributed by atoms with Crippen LogP contribution in [-0.4, -0.2) is 16.1 Å². The van der Waals surface area contributed by atoms with Crippen molar-refractivity contribution < 1.29 is 14.6 Å². The highest BCUT2D eigenvalue weighted by Crippen LogP contribution is 2.26. The van der Waals surface area contributed by atoms with Gasteiger partial charge in [0.25, 0.3) is 0 Å². The van der Waals surface area contributed by atoms with Gasteiger partial charge in [-0.15, -0.1) is 0 Å². The number of hydrogen-bond acceptors (Lipinski definition) is 4. The Morgan fingerprint density at radius 1 is 1.30 bits per heavy atom. The number of nitrogens with zero attached hydrogens (tertiary/aromatic N) is 2. The van der Waals surface area contributed by atoms with E-state index in [9.17, 15) is 9.90 Å². The van der Waals surface area contributed by atoms with Crippen molar-refractivity contribution in [3.8, 4) is 17.7 Å². The highest BCUT2D eigenvalue weighted by Gasteiger charge is 2.17. The van der Waals surface area contributed by atoms with E-state index in [0.29, 0.717) is 22.6 Å². The summed E-state index contributed by atoms with van der Waals surface area (Å²) in [6.07, 6.45) is 0. The fourth-order valence-corrected chi connectivity index (χ4v) is 1.85. The fourth-order valence-electron chi connectivity index (χ4n) is 1.85. The molecule has 0 aliphatic carbocycles. The highest BCUT2D eigenvalue weighted by atomic mass is 16.5. The summed E-state index contributed by atoms with van der Waals surface area (Å²) >= 11 is 0. The van der Waals surface area contributed by atoms with Gasteiger partial charge in [-0.25, -0.2) is 9.78 Å². The van der Waals surface area contributed by atoms with E-state index in [0.717, 1.165) is 0 Å². The molecule has 1 heterocycles. The van der Waals surface area contributed by atoms with Crippen LogP contribution in [0.4, 0.5) is 0 Å². The average molecular weight is 268 g/mol. The first-order chi connectivity index (χ1) is 9.51. The molecule has 0 radical (unpaired) electrons. The van der Waals surface area contributed by atoms with Crippen molar-refractivity contribution in [2.24, 2.45) is 0 Å². The number of aromatic nitrogens is 1. The van der Waals surface area contributed by atoms with Crippen LogP contribution in [0.3, 0.4) is 0 Å². The number of aromatic carboxylic acids is 1. The van der Waals surface area contributed by atoms with Crippen LogP contribution in [0.1, 0.15) is 27.2 Å². The smallest absolute Gasteiger partial charge is 0.341 e. The first kappa shape index (κ1) is 13.6. The van der Waals surface area contributed by atoms with E-state index in [4.69, 9.17) is 10.00 Å². The molecule has 1 aromatic heterocycles. The zero-order valence-corrected chi connectivity index (χ0v) is 11.0. The SMILES string of the molecule is Cc1cc(C)c(C(=O)O)c(Oc2ccc(C#N)cc2)n1. The van der Waals surface area contributed by atoms with Crippen molar-refractivity contribution in [3.05, 3.63) is 52.7 Å². The lowest BCUT2D eigenvalue weighted by molar-refractivity contribution is 0.0692. The third-order valence-corrected chi connectivity index (χ3v) is 2.72. The van der Waals surface area contributed by atoms with Crippen LogP contribution in [0.25, 0.3) is 0 Å². The molecule has 5 nitrogen and oxygen atoms in total. The Kier molecular flexibility index (Phi) is 3.67. The number of hydrogen-bond donors (Lipinski definition) is 1. The second-order valence-electron chi connectivity index (χ2n) is 4.30. The number of nitriles is 1. The molecule has 5 heteroatoms. The summed E-state index contributed by atoms with van der Waals surface area (Å²) in [5.74, 6) is -0.595. The number of rotatable bonds is 3. The molecular formula is C15H12N2O3. The van der Waals surface area contributed by atoms with Crippen LogP contribution in [-0.2, 0) is 0 Å². The molecule has 0 saturated heterocycles. The Labute approximate surface area is 116 Å². The molecule has 0 unspecified atom stereocenters. The maximum absolute atomic E-state index is 11.3. The highest BCUT2D eigenvalue weighted by molar-refractivity contribution is 5.92. The van der Waals surface area contributed by atoms with Crippen LogP contribution in [0.5, 0.6) is 11.6 Å². The number of pyridine rings is 1. The normalized spacial score (nSPS) is 9.85. The largest absolute Gasteiger partial charge is 0.477 e. The summed E-state index contributed by atoms with van der Waals surface area (Å²) < 4.78 is 5.53. The summed E-state index contributed by atoms with van der Waals surface area (Å²) in [5, 5.41) is 18.0. The Hall–Kier alpha value is -2.87. The van der Waals surface area contributed by atoms with Crippen molar-refractivity contribution in [3.63, 3.8) is 0 Å². The molecule has 1 N–H and O–H groups in total. The van der Waals surface area contributed by atoms with Gasteiger partial charge in [0.1, 0.15) is 11.3 Å². The average Bonchev–Trinajstić information content (AvgIpc) is 2.38. The summed E-state index contributed by atoms with van der Waals surface area (Å²) in [7, 11) is 0. The van der Waals surface area contributed by atoms with Crippen molar-refractivity contribution in [2.45, 2.75) is 13.8 Å². The van der Waals surface area contributed by atoms with Crippen LogP contribution < -0.4 is 4.74 Å². The predicted octanol–water partition coefficient (Wildman–Crippen LogP) is 3.06. The summed E-state index contributed by atoms with van der Waals surface area (Å²) in [5.41, 5.74) is 1.81. The van der Waals surface area contributed by atoms with Crippen molar-refractivity contribution in [1.29, 1.82) is 5.26 Å². The molecule has 0 aliphatic heterocycles. The van der Waals surface area contributed by atoms with E-state index < -0.39 is 5.97 Å². The van der Waals surface area contributed by atoms with Gasteiger partial charge in [0.05, 0.1) is 11.6 Å². The second kappa shape index (κ2) is 5.41. The first-order valence-electron chi connectivity index (χ1n) is 5.91. The topological polar surface area (TPSA) is 83.2 Å². The second-order valence-corrected chi connectivity index (χ2v) is 4.30. The van der Waals surface area contributed by atoms with E-state index >= 15 is 0 Å². The Morgan fingerprint density at radius 3 is 2.50 bits per heavy atom. The molecule has 0 spiro atoms. The third-order valence-electron chi connectivity index (χ3n) is 2.72. The van der Waals surface area contributed by atoms with Gasteiger partial charge in [0, 0.05) is 5.69 Å². The minimum Gasteiger partial charge on any atom is -0.477 e. The van der Waals surface area contributed by atoms with Gasteiger partial charge in [-0.05, 0) is 49.7 Å².